The van der Waals surface area contributed by atoms with Crippen molar-refractivity contribution in [2.75, 3.05) is 36.5 Å². The summed E-state index contributed by atoms with van der Waals surface area (Å²) in [6.07, 6.45) is 0. The van der Waals surface area contributed by atoms with Gasteiger partial charge in [0.05, 0.1) is 18.9 Å². The van der Waals surface area contributed by atoms with Crippen LogP contribution in [0.15, 0.2) is 48.5 Å². The number of nitrogens with one attached hydrogen (secondary N) is 1. The van der Waals surface area contributed by atoms with Crippen LogP contribution in [0.4, 0.5) is 19.6 Å². The third kappa shape index (κ3) is 5.18. The number of carbonyl (C=O) groups is 1. The number of alkyl halides is 2. The Morgan fingerprint density at radius 1 is 1.13 bits per heavy atom. The molecule has 1 amide bonds. The summed E-state index contributed by atoms with van der Waals surface area (Å²) in [7, 11) is 0. The molecule has 0 atom stereocenters. The molecule has 0 radical (unpaired) electrons. The third-order valence-corrected chi connectivity index (χ3v) is 5.76. The zero-order valence-corrected chi connectivity index (χ0v) is 17.6. The number of halogens is 2. The summed E-state index contributed by atoms with van der Waals surface area (Å²) in [6, 6.07) is 13.7. The van der Waals surface area contributed by atoms with Gasteiger partial charge in [-0.15, -0.1) is 11.3 Å². The van der Waals surface area contributed by atoms with Crippen molar-refractivity contribution in [1.82, 2.24) is 4.98 Å². The fourth-order valence-corrected chi connectivity index (χ4v) is 4.16. The van der Waals surface area contributed by atoms with Crippen molar-refractivity contribution < 1.29 is 23.0 Å². The van der Waals surface area contributed by atoms with Crippen LogP contribution >= 0.6 is 11.3 Å². The van der Waals surface area contributed by atoms with E-state index in [4.69, 9.17) is 4.74 Å². The molecular weight excluding hydrogens is 424 g/mol. The molecule has 0 saturated carbocycles. The lowest BCUT2D eigenvalue weighted by Gasteiger charge is -2.28. The van der Waals surface area contributed by atoms with Crippen LogP contribution in [0.1, 0.15) is 15.2 Å². The lowest BCUT2D eigenvalue weighted by atomic mass is 10.1. The minimum Gasteiger partial charge on any atom is -0.435 e. The zero-order chi connectivity index (χ0) is 21.8. The summed E-state index contributed by atoms with van der Waals surface area (Å²) in [6.45, 7) is 2.11. The molecule has 0 spiro atoms. The van der Waals surface area contributed by atoms with E-state index in [1.807, 2.05) is 19.1 Å². The second-order valence-corrected chi connectivity index (χ2v) is 8.13. The fraction of sp³-hybridized carbons (Fsp3) is 0.273. The predicted octanol–water partition coefficient (Wildman–Crippen LogP) is 4.81. The lowest BCUT2D eigenvalue weighted by molar-refractivity contribution is -0.0498. The summed E-state index contributed by atoms with van der Waals surface area (Å²) >= 11 is 1.36. The summed E-state index contributed by atoms with van der Waals surface area (Å²) in [5, 5.41) is 3.31. The maximum Gasteiger partial charge on any atom is 0.387 e. The summed E-state index contributed by atoms with van der Waals surface area (Å²) in [4.78, 5) is 20.3. The largest absolute Gasteiger partial charge is 0.435 e. The van der Waals surface area contributed by atoms with Crippen LogP contribution < -0.4 is 15.0 Å². The molecule has 1 aliphatic heterocycles. The molecule has 2 aromatic carbocycles. The van der Waals surface area contributed by atoms with Crippen molar-refractivity contribution in [2.45, 2.75) is 13.5 Å². The summed E-state index contributed by atoms with van der Waals surface area (Å²) < 4.78 is 34.4. The highest BCUT2D eigenvalue weighted by Gasteiger charge is 2.15. The van der Waals surface area contributed by atoms with Gasteiger partial charge in [-0.05, 0) is 55.5 Å². The van der Waals surface area contributed by atoms with Gasteiger partial charge in [0.25, 0.3) is 5.91 Å². The number of carbonyl (C=O) groups excluding carboxylic acids is 1. The van der Waals surface area contributed by atoms with Gasteiger partial charge in [-0.25, -0.2) is 4.98 Å². The molecule has 1 N–H and O–H groups in total. The van der Waals surface area contributed by atoms with Gasteiger partial charge in [-0.2, -0.15) is 8.78 Å². The maximum absolute atomic E-state index is 12.6. The molecule has 4 rings (SSSR count). The van der Waals surface area contributed by atoms with Crippen molar-refractivity contribution in [1.29, 1.82) is 0 Å². The number of thiazole rings is 1. The van der Waals surface area contributed by atoms with E-state index in [0.717, 1.165) is 29.2 Å². The highest BCUT2D eigenvalue weighted by molar-refractivity contribution is 7.16. The molecule has 162 valence electrons. The number of rotatable bonds is 6. The normalized spacial score (nSPS) is 14.0. The van der Waals surface area contributed by atoms with Gasteiger partial charge in [0.2, 0.25) is 0 Å². The fourth-order valence-electron chi connectivity index (χ4n) is 3.33. The Balaban J connectivity index is 1.43. The van der Waals surface area contributed by atoms with E-state index in [9.17, 15) is 13.6 Å². The molecule has 1 saturated heterocycles. The van der Waals surface area contributed by atoms with E-state index < -0.39 is 6.61 Å². The van der Waals surface area contributed by atoms with E-state index in [1.54, 1.807) is 24.3 Å². The minimum atomic E-state index is -2.86. The molecule has 0 bridgehead atoms. The van der Waals surface area contributed by atoms with E-state index in [1.165, 1.54) is 23.5 Å². The van der Waals surface area contributed by atoms with Crippen molar-refractivity contribution in [2.24, 2.45) is 0 Å². The number of benzene rings is 2. The zero-order valence-electron chi connectivity index (χ0n) is 16.8. The Hall–Kier alpha value is -3.04. The quantitative estimate of drug-likeness (QED) is 0.590. The molecule has 0 unspecified atom stereocenters. The number of aryl methyl sites for hydroxylation is 1. The van der Waals surface area contributed by atoms with Crippen LogP contribution in [0.3, 0.4) is 0 Å². The molecule has 2 heterocycles. The summed E-state index contributed by atoms with van der Waals surface area (Å²) in [5.41, 5.74) is 3.05. The lowest BCUT2D eigenvalue weighted by Crippen LogP contribution is -2.36. The highest BCUT2D eigenvalue weighted by atomic mass is 32.1. The summed E-state index contributed by atoms with van der Waals surface area (Å²) in [5.74, 6) is -0.157. The van der Waals surface area contributed by atoms with Crippen molar-refractivity contribution in [3.8, 4) is 17.0 Å². The Labute approximate surface area is 182 Å². The van der Waals surface area contributed by atoms with Crippen LogP contribution in [0, 0.1) is 6.92 Å². The molecule has 6 nitrogen and oxygen atoms in total. The first-order chi connectivity index (χ1) is 15.0. The van der Waals surface area contributed by atoms with Crippen LogP contribution in [-0.2, 0) is 4.74 Å². The molecule has 31 heavy (non-hydrogen) atoms. The monoisotopic (exact) mass is 445 g/mol. The molecule has 1 fully saturated rings. The van der Waals surface area contributed by atoms with Crippen LogP contribution in [0.25, 0.3) is 11.3 Å². The van der Waals surface area contributed by atoms with Gasteiger partial charge in [-0.3, -0.25) is 10.1 Å². The number of hydrogen-bond donors (Lipinski definition) is 1. The van der Waals surface area contributed by atoms with Crippen molar-refractivity contribution in [3.63, 3.8) is 0 Å². The number of anilines is 2. The predicted molar refractivity (Wildman–Crippen MR) is 116 cm³/mol. The SMILES string of the molecule is Cc1sc(NC(=O)c2ccc(N3CCOCC3)cc2)nc1-c1ccc(OC(F)F)cc1. The van der Waals surface area contributed by atoms with Crippen LogP contribution in [0.5, 0.6) is 5.75 Å². The van der Waals surface area contributed by atoms with Crippen molar-refractivity contribution >= 4 is 28.1 Å². The van der Waals surface area contributed by atoms with Gasteiger partial charge in [0, 0.05) is 34.8 Å². The maximum atomic E-state index is 12.6. The Morgan fingerprint density at radius 2 is 1.81 bits per heavy atom. The first-order valence-electron chi connectivity index (χ1n) is 9.76. The average Bonchev–Trinajstić information content (AvgIpc) is 3.14. The van der Waals surface area contributed by atoms with E-state index in [2.05, 4.69) is 19.9 Å². The van der Waals surface area contributed by atoms with Gasteiger partial charge in [0.15, 0.2) is 5.13 Å². The van der Waals surface area contributed by atoms with E-state index >= 15 is 0 Å². The average molecular weight is 445 g/mol. The standard InChI is InChI=1S/C22H21F2N3O3S/c1-14-19(15-4-8-18(9-5-15)30-21(23)24)25-22(31-14)26-20(28)16-2-6-17(7-3-16)27-10-12-29-13-11-27/h2-9,21H,10-13H2,1H3,(H,25,26,28). The molecule has 1 aromatic heterocycles. The van der Waals surface area contributed by atoms with Gasteiger partial charge in [0.1, 0.15) is 5.75 Å². The number of hydrogen-bond acceptors (Lipinski definition) is 6. The Bertz CT molecular complexity index is 1030. The first kappa shape index (κ1) is 21.2. The van der Waals surface area contributed by atoms with Crippen molar-refractivity contribution in [3.05, 3.63) is 59.0 Å². The van der Waals surface area contributed by atoms with E-state index in [0.29, 0.717) is 29.6 Å². The van der Waals surface area contributed by atoms with Gasteiger partial charge >= 0.3 is 6.61 Å². The first-order valence-corrected chi connectivity index (χ1v) is 10.6. The molecule has 3 aromatic rings. The molecule has 0 aliphatic carbocycles. The van der Waals surface area contributed by atoms with Gasteiger partial charge in [-0.1, -0.05) is 0 Å². The minimum absolute atomic E-state index is 0.0840. The van der Waals surface area contributed by atoms with E-state index in [-0.39, 0.29) is 11.7 Å². The number of ether oxygens (including phenoxy) is 2. The second-order valence-electron chi connectivity index (χ2n) is 6.93. The van der Waals surface area contributed by atoms with Crippen LogP contribution in [0.2, 0.25) is 0 Å². The second kappa shape index (κ2) is 9.40. The van der Waals surface area contributed by atoms with Gasteiger partial charge < -0.3 is 14.4 Å². The number of nitrogens with zero attached hydrogens (tertiary/aromatic N) is 2. The number of aromatic nitrogens is 1. The number of morpholine rings is 1. The topological polar surface area (TPSA) is 63.7 Å². The third-order valence-electron chi connectivity index (χ3n) is 4.88. The van der Waals surface area contributed by atoms with Crippen LogP contribution in [-0.4, -0.2) is 43.8 Å². The highest BCUT2D eigenvalue weighted by Crippen LogP contribution is 2.32. The smallest absolute Gasteiger partial charge is 0.387 e. The Morgan fingerprint density at radius 3 is 2.45 bits per heavy atom. The molecular formula is C22H21F2N3O3S. The number of amides is 1. The molecule has 9 heteroatoms. The molecule has 1 aliphatic rings. The Kier molecular flexibility index (Phi) is 6.43.